The van der Waals surface area contributed by atoms with Crippen LogP contribution in [0.5, 0.6) is 0 Å². The van der Waals surface area contributed by atoms with Gasteiger partial charge in [-0.15, -0.1) is 0 Å². The number of fused-ring (bicyclic) bond motifs is 7. The van der Waals surface area contributed by atoms with Crippen LogP contribution in [-0.4, -0.2) is 25.2 Å². The zero-order valence-corrected chi connectivity index (χ0v) is 17.3. The van der Waals surface area contributed by atoms with Gasteiger partial charge in [0.25, 0.3) is 5.91 Å². The molecule has 2 aliphatic carbocycles. The maximum absolute atomic E-state index is 12.8. The van der Waals surface area contributed by atoms with Gasteiger partial charge in [-0.05, 0) is 85.1 Å². The van der Waals surface area contributed by atoms with Crippen LogP contribution in [0.15, 0.2) is 48.5 Å². The molecular formula is C26H30N2O2. The molecule has 2 heterocycles. The first-order chi connectivity index (χ1) is 14.8. The fourth-order valence-corrected chi connectivity index (χ4v) is 6.73. The van der Waals surface area contributed by atoms with Gasteiger partial charge in [0.1, 0.15) is 0 Å². The number of rotatable bonds is 4. The number of hydrogen-bond donors (Lipinski definition) is 2. The Morgan fingerprint density at radius 3 is 2.77 bits per heavy atom. The summed E-state index contributed by atoms with van der Waals surface area (Å²) in [6.07, 6.45) is 6.35. The van der Waals surface area contributed by atoms with Crippen molar-refractivity contribution < 1.29 is 9.53 Å². The van der Waals surface area contributed by atoms with Crippen molar-refractivity contribution in [3.63, 3.8) is 0 Å². The summed E-state index contributed by atoms with van der Waals surface area (Å²) in [5.74, 6) is 2.78. The largest absolute Gasteiger partial charge is 0.378 e. The lowest BCUT2D eigenvalue weighted by atomic mass is 9.68. The van der Waals surface area contributed by atoms with Gasteiger partial charge in [-0.25, -0.2) is 0 Å². The summed E-state index contributed by atoms with van der Waals surface area (Å²) in [7, 11) is 0. The topological polar surface area (TPSA) is 50.4 Å². The molecule has 2 aromatic carbocycles. The van der Waals surface area contributed by atoms with E-state index in [0.29, 0.717) is 24.4 Å². The first-order valence-corrected chi connectivity index (χ1v) is 11.6. The van der Waals surface area contributed by atoms with E-state index in [1.807, 2.05) is 6.07 Å². The number of benzene rings is 2. The van der Waals surface area contributed by atoms with Crippen molar-refractivity contribution in [1.82, 2.24) is 5.32 Å². The molecule has 0 radical (unpaired) electrons. The lowest BCUT2D eigenvalue weighted by Gasteiger charge is -2.43. The van der Waals surface area contributed by atoms with Crippen LogP contribution in [0.2, 0.25) is 0 Å². The first kappa shape index (κ1) is 18.4. The van der Waals surface area contributed by atoms with E-state index in [1.54, 1.807) is 0 Å². The van der Waals surface area contributed by atoms with Crippen LogP contribution >= 0.6 is 0 Å². The standard InChI is InChI=1S/C26H30N2O2/c29-26(27-15-20-7-4-12-30-20)19-10-11-22-21(14-19)23-17-8-9-18(13-17)24(23)25(28-22)16-5-2-1-3-6-16/h1-3,5-6,10-11,14,17-18,20,23-25,28H,4,7-9,12-13,15H2,(H,27,29)/t17-,18+,20-,23+,24+,25-/m0/s1. The summed E-state index contributed by atoms with van der Waals surface area (Å²) < 4.78 is 5.65. The zero-order valence-electron chi connectivity index (χ0n) is 17.3. The molecule has 0 aromatic heterocycles. The molecule has 4 aliphatic rings. The molecule has 2 aliphatic heterocycles. The first-order valence-electron chi connectivity index (χ1n) is 11.6. The van der Waals surface area contributed by atoms with Crippen molar-refractivity contribution >= 4 is 11.6 Å². The minimum Gasteiger partial charge on any atom is -0.378 e. The van der Waals surface area contributed by atoms with Crippen LogP contribution in [0.1, 0.15) is 65.5 Å². The smallest absolute Gasteiger partial charge is 0.251 e. The number of carbonyl (C=O) groups excluding carboxylic acids is 1. The Morgan fingerprint density at radius 2 is 1.93 bits per heavy atom. The molecule has 3 fully saturated rings. The zero-order chi connectivity index (χ0) is 20.1. The molecular weight excluding hydrogens is 372 g/mol. The summed E-state index contributed by atoms with van der Waals surface area (Å²) in [6.45, 7) is 1.43. The molecule has 30 heavy (non-hydrogen) atoms. The summed E-state index contributed by atoms with van der Waals surface area (Å²) in [5.41, 5.74) is 4.76. The number of amides is 1. The highest BCUT2D eigenvalue weighted by atomic mass is 16.5. The second kappa shape index (κ2) is 7.42. The van der Waals surface area contributed by atoms with E-state index in [0.717, 1.165) is 36.8 Å². The normalized spacial score (nSPS) is 33.6. The SMILES string of the molecule is O=C(NC[C@@H]1CCCO1)c1ccc2c(c1)[C@H]1[C@H]3CC[C@H](C3)[C@H]1[C@H](c1ccccc1)N2. The predicted molar refractivity (Wildman–Crippen MR) is 118 cm³/mol. The van der Waals surface area contributed by atoms with E-state index in [4.69, 9.17) is 4.74 Å². The fourth-order valence-electron chi connectivity index (χ4n) is 6.73. The number of hydrogen-bond acceptors (Lipinski definition) is 3. The van der Waals surface area contributed by atoms with Gasteiger partial charge < -0.3 is 15.4 Å². The molecule has 2 bridgehead atoms. The molecule has 4 heteroatoms. The van der Waals surface area contributed by atoms with Crippen molar-refractivity contribution in [3.05, 3.63) is 65.2 Å². The summed E-state index contributed by atoms with van der Waals surface area (Å²) in [4.78, 5) is 12.8. The Balaban J connectivity index is 1.29. The summed E-state index contributed by atoms with van der Waals surface area (Å²) in [5, 5.41) is 6.95. The van der Waals surface area contributed by atoms with E-state index >= 15 is 0 Å². The van der Waals surface area contributed by atoms with Gasteiger partial charge in [0, 0.05) is 24.4 Å². The van der Waals surface area contributed by atoms with Crippen LogP contribution in [-0.2, 0) is 4.74 Å². The van der Waals surface area contributed by atoms with Crippen LogP contribution in [0.4, 0.5) is 5.69 Å². The van der Waals surface area contributed by atoms with E-state index in [9.17, 15) is 4.79 Å². The quantitative estimate of drug-likeness (QED) is 0.765. The molecule has 1 saturated heterocycles. The monoisotopic (exact) mass is 402 g/mol. The Morgan fingerprint density at radius 1 is 1.07 bits per heavy atom. The second-order valence-electron chi connectivity index (χ2n) is 9.62. The maximum atomic E-state index is 12.8. The van der Waals surface area contributed by atoms with Crippen molar-refractivity contribution in [2.75, 3.05) is 18.5 Å². The molecule has 4 nitrogen and oxygen atoms in total. The molecule has 0 spiro atoms. The molecule has 6 rings (SSSR count). The van der Waals surface area contributed by atoms with Crippen LogP contribution in [0.3, 0.4) is 0 Å². The van der Waals surface area contributed by atoms with E-state index in [1.165, 1.54) is 36.1 Å². The Bertz CT molecular complexity index is 937. The van der Waals surface area contributed by atoms with Crippen LogP contribution in [0.25, 0.3) is 0 Å². The molecule has 2 aromatic rings. The Hall–Kier alpha value is -2.33. The number of nitrogens with one attached hydrogen (secondary N) is 2. The summed E-state index contributed by atoms with van der Waals surface area (Å²) >= 11 is 0. The molecule has 0 unspecified atom stereocenters. The Kier molecular flexibility index (Phi) is 4.56. The number of anilines is 1. The Labute approximate surface area is 178 Å². The minimum absolute atomic E-state index is 0.0261. The highest BCUT2D eigenvalue weighted by molar-refractivity contribution is 5.95. The second-order valence-corrected chi connectivity index (χ2v) is 9.62. The lowest BCUT2D eigenvalue weighted by molar-refractivity contribution is 0.0857. The van der Waals surface area contributed by atoms with Gasteiger partial charge >= 0.3 is 0 Å². The fraction of sp³-hybridized carbons (Fsp3) is 0.500. The molecule has 1 amide bonds. The van der Waals surface area contributed by atoms with Gasteiger partial charge in [-0.1, -0.05) is 30.3 Å². The van der Waals surface area contributed by atoms with Crippen molar-refractivity contribution in [3.8, 4) is 0 Å². The third kappa shape index (κ3) is 3.04. The highest BCUT2D eigenvalue weighted by Crippen LogP contribution is 2.63. The average Bonchev–Trinajstić information content (AvgIpc) is 3.55. The van der Waals surface area contributed by atoms with Gasteiger partial charge in [0.15, 0.2) is 0 Å². The highest BCUT2D eigenvalue weighted by Gasteiger charge is 2.53. The minimum atomic E-state index is 0.0261. The van der Waals surface area contributed by atoms with Crippen molar-refractivity contribution in [1.29, 1.82) is 0 Å². The molecule has 2 saturated carbocycles. The van der Waals surface area contributed by atoms with Crippen molar-refractivity contribution in [2.24, 2.45) is 17.8 Å². The van der Waals surface area contributed by atoms with Crippen molar-refractivity contribution in [2.45, 2.75) is 50.2 Å². The third-order valence-corrected chi connectivity index (χ3v) is 8.02. The number of ether oxygens (including phenoxy) is 1. The average molecular weight is 403 g/mol. The molecule has 6 atom stereocenters. The molecule has 156 valence electrons. The van der Waals surface area contributed by atoms with Gasteiger partial charge in [0.2, 0.25) is 0 Å². The third-order valence-electron chi connectivity index (χ3n) is 8.02. The van der Waals surface area contributed by atoms with Gasteiger partial charge in [-0.2, -0.15) is 0 Å². The number of carbonyl (C=O) groups is 1. The summed E-state index contributed by atoms with van der Waals surface area (Å²) in [6, 6.07) is 17.6. The van der Waals surface area contributed by atoms with E-state index < -0.39 is 0 Å². The van der Waals surface area contributed by atoms with Crippen LogP contribution in [0, 0.1) is 17.8 Å². The molecule has 2 N–H and O–H groups in total. The van der Waals surface area contributed by atoms with E-state index in [-0.39, 0.29) is 12.0 Å². The van der Waals surface area contributed by atoms with Gasteiger partial charge in [0.05, 0.1) is 12.1 Å². The van der Waals surface area contributed by atoms with Crippen LogP contribution < -0.4 is 10.6 Å². The maximum Gasteiger partial charge on any atom is 0.251 e. The lowest BCUT2D eigenvalue weighted by Crippen LogP contribution is -2.36. The predicted octanol–water partition coefficient (Wildman–Crippen LogP) is 4.89. The van der Waals surface area contributed by atoms with Gasteiger partial charge in [-0.3, -0.25) is 4.79 Å². The van der Waals surface area contributed by atoms with E-state index in [2.05, 4.69) is 53.1 Å².